The molecule has 0 radical (unpaired) electrons. The van der Waals surface area contributed by atoms with Crippen molar-refractivity contribution in [3.05, 3.63) is 107 Å². The molecule has 4 aliphatic heterocycles. The first-order valence-electron chi connectivity index (χ1n) is 45.8. The van der Waals surface area contributed by atoms with E-state index < -0.39 is 83.4 Å². The van der Waals surface area contributed by atoms with E-state index in [4.69, 9.17) is 86.5 Å². The molecule has 1 aromatic carbocycles. The average molecular weight is 1810 g/mol. The molecule has 2 saturated heterocycles. The van der Waals surface area contributed by atoms with E-state index in [-0.39, 0.29) is 99.2 Å². The number of aliphatic hydroxyl groups is 3. The topological polar surface area (TPSA) is 437 Å². The summed E-state index contributed by atoms with van der Waals surface area (Å²) in [7, 11) is 6.12. The first kappa shape index (κ1) is 105. The Morgan fingerprint density at radius 1 is 0.736 bits per heavy atom. The molecule has 35 nitrogen and oxygen atoms in total. The lowest BCUT2D eigenvalue weighted by molar-refractivity contribution is -0.360. The van der Waals surface area contributed by atoms with Gasteiger partial charge in [0.05, 0.1) is 192 Å². The normalized spacial score (nSPS) is 27.8. The number of methoxy groups -OCH3 is 4. The van der Waals surface area contributed by atoms with Gasteiger partial charge in [0.2, 0.25) is 11.7 Å². The number of allylic oxidation sites excluding steroid dienone is 6. The number of unbranched alkanes of at least 4 members (excludes halogenated alkanes) is 1. The summed E-state index contributed by atoms with van der Waals surface area (Å²) in [6.45, 7) is 20.7. The minimum absolute atomic E-state index is 0.00819. The van der Waals surface area contributed by atoms with E-state index in [1.54, 1.807) is 71.0 Å². The number of nitrogen functional groups attached to an aromatic ring is 1. The third-order valence-electron chi connectivity index (χ3n) is 24.5. The second-order valence-corrected chi connectivity index (χ2v) is 34.3. The lowest BCUT2D eigenvalue weighted by Gasteiger charge is -2.46. The molecule has 7 N–H and O–H groups in total. The molecule has 1 unspecified atom stereocenters. The molecule has 7 heterocycles. The van der Waals surface area contributed by atoms with Crippen LogP contribution in [0.15, 0.2) is 89.4 Å². The van der Waals surface area contributed by atoms with Crippen molar-refractivity contribution in [1.82, 2.24) is 40.2 Å². The molecule has 5 aliphatic rings. The molecule has 718 valence electrons. The number of benzene rings is 1. The van der Waals surface area contributed by atoms with Crippen LogP contribution in [0.1, 0.15) is 180 Å². The van der Waals surface area contributed by atoms with Gasteiger partial charge in [0, 0.05) is 88.8 Å². The molecule has 1 saturated carbocycles. The SMILES string of the molecule is COc1ccc2[nH]c(C3=NC(CCCCNC(=O)CCOCCOCCOCCOCCOCCOCCOCCOCCn4cc(COCCO[C@@H]5CC[C@@H](C[C@@H](C)[C@@H]6CC(=O)[C@H](C)/C=C(\C)[C@@H](O)[C@@H](OC)C(=O)[C@H](C)C[C@H](C)/C=C/C=C/C=C(\C)[C@@H](OC)C[C@]7(O)CC[C@@H](C)[C@@](O)(O7)C(=O)C(=O)N7CCCC[C@H]7C(=O)O6)C[C@H]5OC)nn4)c4ncnc(N)c43)cc2c1. The standard InChI is InChI=1S/C94H142N10O25/c1-62-19-13-12-14-20-63(2)81(116-10)58-93(112)29-27-68(7)94(113,129-93)89(109)91(110)104-31-18-16-22-76(104)92(111)128-79(57-77(105)64(3)52-67(6)87(108)88(117-11)86(107)66(5)51-62)65(4)53-69-23-26-78(80(54-69)115-9)127-50-49-126-60-71-59-103(102-101-71)32-34-119-36-38-121-40-42-123-44-46-125-48-47-124-45-43-122-41-39-120-37-35-118-33-28-82(106)96-30-17-15-21-74-84-83(90(95)98-61-97-84)85(100-74)75-56-70-55-72(114-8)24-25-73(70)99-75/h12-14,19-20,24-25,52,55-56,59,61-62,64-66,68-69,74,76,78-81,87-88,99,108,112-113H,15-18,21-23,26-51,53-54,57-58,60H2,1-11H3,(H,96,106)(H2,95,97,98)/b14-12+,19-13+,63-20+,67-52+/t62-,64-,65-,66-,68-,69+,74?,76+,78-,79+,80-,81+,87-,88+,93+,94-/m1/s1. The van der Waals surface area contributed by atoms with Gasteiger partial charge in [-0.3, -0.25) is 29.0 Å². The minimum atomic E-state index is -2.76. The predicted molar refractivity (Wildman–Crippen MR) is 477 cm³/mol. The van der Waals surface area contributed by atoms with Gasteiger partial charge >= 0.3 is 5.97 Å². The number of carbonyl (C=O) groups excluding carboxylic acids is 6. The van der Waals surface area contributed by atoms with Crippen LogP contribution >= 0.6 is 0 Å². The number of hydrogen-bond donors (Lipinski definition) is 6. The van der Waals surface area contributed by atoms with Crippen molar-refractivity contribution < 1.29 is 120 Å². The minimum Gasteiger partial charge on any atom is -0.497 e. The second kappa shape index (κ2) is 54.8. The molecular weight excluding hydrogens is 1670 g/mol. The van der Waals surface area contributed by atoms with Crippen LogP contribution in [0.4, 0.5) is 5.82 Å². The highest BCUT2D eigenvalue weighted by atomic mass is 16.7. The monoisotopic (exact) mass is 1810 g/mol. The Morgan fingerprint density at radius 2 is 1.41 bits per heavy atom. The number of fused-ring (bicyclic) bond motifs is 5. The number of aliphatic imine (C=N–C) groups is 1. The van der Waals surface area contributed by atoms with E-state index >= 15 is 0 Å². The van der Waals surface area contributed by atoms with Gasteiger partial charge in [-0.1, -0.05) is 76.3 Å². The van der Waals surface area contributed by atoms with Crippen LogP contribution in [0.5, 0.6) is 5.75 Å². The van der Waals surface area contributed by atoms with E-state index in [9.17, 15) is 44.1 Å². The van der Waals surface area contributed by atoms with Crippen molar-refractivity contribution in [2.45, 2.75) is 225 Å². The van der Waals surface area contributed by atoms with Crippen molar-refractivity contribution >= 4 is 57.6 Å². The zero-order valence-electron chi connectivity index (χ0n) is 77.4. The van der Waals surface area contributed by atoms with Gasteiger partial charge in [0.1, 0.15) is 53.7 Å². The summed E-state index contributed by atoms with van der Waals surface area (Å²) in [6.07, 6.45) is 15.7. The zero-order valence-corrected chi connectivity index (χ0v) is 77.4. The highest BCUT2D eigenvalue weighted by molar-refractivity contribution is 6.39. The number of amides is 2. The molecule has 16 atom stereocenters. The Balaban J connectivity index is 0.587. The van der Waals surface area contributed by atoms with Crippen molar-refractivity contribution in [2.75, 3.05) is 166 Å². The molecular formula is C94H142N10O25. The number of esters is 1. The number of H-pyrrole nitrogens is 1. The zero-order chi connectivity index (χ0) is 92.7. The van der Waals surface area contributed by atoms with E-state index in [2.05, 4.69) is 30.6 Å². The molecule has 3 aromatic heterocycles. The summed E-state index contributed by atoms with van der Waals surface area (Å²) in [5, 5.41) is 48.2. The fourth-order valence-corrected chi connectivity index (χ4v) is 16.9. The Kier molecular flexibility index (Phi) is 44.5. The Bertz CT molecular complexity index is 4290. The molecule has 129 heavy (non-hydrogen) atoms. The van der Waals surface area contributed by atoms with Gasteiger partial charge in [-0.2, -0.15) is 0 Å². The number of anilines is 1. The third-order valence-corrected chi connectivity index (χ3v) is 24.5. The number of nitrogens with one attached hydrogen (secondary N) is 2. The number of hydrogen-bond acceptors (Lipinski definition) is 31. The quantitative estimate of drug-likeness (QED) is 0.0104. The van der Waals surface area contributed by atoms with E-state index in [0.29, 0.717) is 193 Å². The number of nitrogens with zero attached hydrogens (tertiary/aromatic N) is 7. The fraction of sp³-hybridized carbons (Fsp3) is 0.691. The van der Waals surface area contributed by atoms with Crippen molar-refractivity contribution in [3.8, 4) is 5.75 Å². The third kappa shape index (κ3) is 32.7. The maximum atomic E-state index is 14.8. The largest absolute Gasteiger partial charge is 0.497 e. The van der Waals surface area contributed by atoms with Crippen LogP contribution in [0, 0.1) is 35.5 Å². The molecule has 1 aliphatic carbocycles. The molecule has 9 rings (SSSR count). The number of piperidine rings is 1. The van der Waals surface area contributed by atoms with Gasteiger partial charge in [0.15, 0.2) is 11.6 Å². The van der Waals surface area contributed by atoms with Crippen LogP contribution in [0.25, 0.3) is 10.9 Å². The molecule has 2 bridgehead atoms. The summed E-state index contributed by atoms with van der Waals surface area (Å²) in [5.74, 6) is -10.3. The Morgan fingerprint density at radius 3 is 2.08 bits per heavy atom. The van der Waals surface area contributed by atoms with Gasteiger partial charge in [-0.25, -0.2) is 19.4 Å². The molecule has 2 amide bonds. The summed E-state index contributed by atoms with van der Waals surface area (Å²) in [4.78, 5) is 103. The summed E-state index contributed by atoms with van der Waals surface area (Å²) < 4.78 is 94.2. The van der Waals surface area contributed by atoms with Crippen LogP contribution in [0.2, 0.25) is 0 Å². The average Bonchev–Trinajstić information content (AvgIpc) is 1.44. The number of ketones is 3. The number of rotatable bonds is 46. The summed E-state index contributed by atoms with van der Waals surface area (Å²) >= 11 is 0. The number of nitrogens with two attached hydrogens (primary N) is 1. The van der Waals surface area contributed by atoms with Crippen LogP contribution in [-0.2, 0) is 113 Å². The number of aromatic nitrogens is 6. The fourth-order valence-electron chi connectivity index (χ4n) is 16.9. The number of aromatic amines is 1. The van der Waals surface area contributed by atoms with E-state index in [1.807, 2.05) is 63.3 Å². The number of Topliss-reactive ketones (excluding diaryl/α,β-unsaturated/α-hetero) is 3. The number of carbonyl (C=O) groups is 6. The van der Waals surface area contributed by atoms with Crippen molar-refractivity contribution in [2.24, 2.45) is 40.5 Å². The van der Waals surface area contributed by atoms with Gasteiger partial charge in [-0.15, -0.1) is 5.10 Å². The maximum absolute atomic E-state index is 14.8. The van der Waals surface area contributed by atoms with Gasteiger partial charge < -0.3 is 112 Å². The smallest absolute Gasteiger partial charge is 0.329 e. The lowest BCUT2D eigenvalue weighted by atomic mass is 9.78. The van der Waals surface area contributed by atoms with Crippen LogP contribution < -0.4 is 15.8 Å². The molecule has 3 fully saturated rings. The predicted octanol–water partition coefficient (Wildman–Crippen LogP) is 8.60. The maximum Gasteiger partial charge on any atom is 0.329 e. The number of cyclic esters (lactones) is 1. The summed E-state index contributed by atoms with van der Waals surface area (Å²) in [6, 6.07) is 6.47. The van der Waals surface area contributed by atoms with Crippen LogP contribution in [0.3, 0.4) is 0 Å². The first-order valence-corrected chi connectivity index (χ1v) is 45.8. The highest BCUT2D eigenvalue weighted by Crippen LogP contribution is 2.43. The van der Waals surface area contributed by atoms with Crippen molar-refractivity contribution in [3.63, 3.8) is 0 Å². The number of ether oxygens (including phenoxy) is 16. The van der Waals surface area contributed by atoms with Crippen molar-refractivity contribution in [1.29, 1.82) is 0 Å². The molecule has 35 heteroatoms. The lowest BCUT2D eigenvalue weighted by Crippen LogP contribution is -2.63. The van der Waals surface area contributed by atoms with E-state index in [1.165, 1.54) is 20.5 Å². The van der Waals surface area contributed by atoms with Gasteiger partial charge in [-0.05, 0) is 144 Å². The highest BCUT2D eigenvalue weighted by Gasteiger charge is 2.57. The van der Waals surface area contributed by atoms with Crippen LogP contribution in [-0.4, -0.2) is 306 Å². The Hall–Kier alpha value is -8.05. The Labute approximate surface area is 758 Å². The van der Waals surface area contributed by atoms with E-state index in [0.717, 1.165) is 69.9 Å². The first-order chi connectivity index (χ1) is 62.3. The number of aliphatic hydroxyl groups excluding tert-OH is 1. The second-order valence-electron chi connectivity index (χ2n) is 34.3. The molecule has 0 spiro atoms. The van der Waals surface area contributed by atoms with Gasteiger partial charge in [0.25, 0.3) is 11.7 Å². The molecule has 4 aromatic rings. The summed E-state index contributed by atoms with van der Waals surface area (Å²) in [5.41, 5.74) is 12.2.